The summed E-state index contributed by atoms with van der Waals surface area (Å²) in [6, 6.07) is 0. The molecule has 1 heterocycles. The van der Waals surface area contributed by atoms with Crippen molar-refractivity contribution in [2.45, 2.75) is 32.7 Å². The summed E-state index contributed by atoms with van der Waals surface area (Å²) in [7, 11) is 0. The lowest BCUT2D eigenvalue weighted by Gasteiger charge is -2.05. The molecule has 4 nitrogen and oxygen atoms in total. The van der Waals surface area contributed by atoms with Crippen molar-refractivity contribution in [3.05, 3.63) is 17.8 Å². The van der Waals surface area contributed by atoms with E-state index in [1.807, 2.05) is 6.92 Å². The van der Waals surface area contributed by atoms with Crippen LogP contribution in [0.4, 0.5) is 13.2 Å². The van der Waals surface area contributed by atoms with E-state index in [0.29, 0.717) is 18.2 Å². The highest BCUT2D eigenvalue weighted by Gasteiger charge is 2.27. The van der Waals surface area contributed by atoms with Gasteiger partial charge in [0.2, 0.25) is 5.89 Å². The van der Waals surface area contributed by atoms with Crippen LogP contribution in [0.5, 0.6) is 0 Å². The molecule has 1 rings (SSSR count). The zero-order chi connectivity index (χ0) is 12.7. The number of hydrogen-bond donors (Lipinski definition) is 1. The van der Waals surface area contributed by atoms with Gasteiger partial charge >= 0.3 is 6.18 Å². The van der Waals surface area contributed by atoms with Crippen molar-refractivity contribution in [3.63, 3.8) is 0 Å². The van der Waals surface area contributed by atoms with E-state index >= 15 is 0 Å². The summed E-state index contributed by atoms with van der Waals surface area (Å²) in [4.78, 5) is 3.91. The van der Waals surface area contributed by atoms with Crippen molar-refractivity contribution in [1.29, 1.82) is 0 Å². The second kappa shape index (κ2) is 6.61. The van der Waals surface area contributed by atoms with Gasteiger partial charge in [0.15, 0.2) is 0 Å². The van der Waals surface area contributed by atoms with Crippen LogP contribution < -0.4 is 5.32 Å². The average Bonchev–Trinajstić information content (AvgIpc) is 2.64. The largest absolute Gasteiger partial charge is 0.442 e. The molecule has 17 heavy (non-hydrogen) atoms. The second-order valence-corrected chi connectivity index (χ2v) is 3.51. The first kappa shape index (κ1) is 14.0. The van der Waals surface area contributed by atoms with Crippen LogP contribution in [0.3, 0.4) is 0 Å². The molecule has 0 atom stereocenters. The van der Waals surface area contributed by atoms with E-state index in [9.17, 15) is 13.2 Å². The summed E-state index contributed by atoms with van der Waals surface area (Å²) in [6.07, 6.45) is -1.95. The molecule has 0 aliphatic carbocycles. The molecule has 0 unspecified atom stereocenters. The first-order valence-corrected chi connectivity index (χ1v) is 5.30. The summed E-state index contributed by atoms with van der Waals surface area (Å²) in [5.41, 5.74) is 0. The Balaban J connectivity index is 2.26. The summed E-state index contributed by atoms with van der Waals surface area (Å²) >= 11 is 0. The fourth-order valence-corrected chi connectivity index (χ4v) is 1.14. The minimum absolute atomic E-state index is 0.222. The number of halogens is 3. The van der Waals surface area contributed by atoms with Crippen molar-refractivity contribution in [1.82, 2.24) is 10.3 Å². The van der Waals surface area contributed by atoms with Crippen LogP contribution in [0, 0.1) is 0 Å². The van der Waals surface area contributed by atoms with Gasteiger partial charge in [-0.3, -0.25) is 0 Å². The maximum Gasteiger partial charge on any atom is 0.411 e. The number of nitrogens with one attached hydrogen (secondary N) is 1. The molecule has 0 aliphatic heterocycles. The Morgan fingerprint density at radius 2 is 2.24 bits per heavy atom. The first-order valence-electron chi connectivity index (χ1n) is 5.30. The molecule has 1 aromatic heterocycles. The normalized spacial score (nSPS) is 12.0. The van der Waals surface area contributed by atoms with Gasteiger partial charge in [-0.05, 0) is 13.0 Å². The maximum atomic E-state index is 11.8. The van der Waals surface area contributed by atoms with Crippen molar-refractivity contribution in [2.24, 2.45) is 0 Å². The van der Waals surface area contributed by atoms with Gasteiger partial charge in [-0.2, -0.15) is 13.2 Å². The van der Waals surface area contributed by atoms with Gasteiger partial charge in [0, 0.05) is 0 Å². The average molecular weight is 252 g/mol. The Morgan fingerprint density at radius 1 is 1.47 bits per heavy atom. The predicted octanol–water partition coefficient (Wildman–Crippen LogP) is 2.25. The highest BCUT2D eigenvalue weighted by molar-refractivity contribution is 4.92. The molecular weight excluding hydrogens is 237 g/mol. The van der Waals surface area contributed by atoms with Crippen molar-refractivity contribution < 1.29 is 22.3 Å². The molecule has 7 heteroatoms. The van der Waals surface area contributed by atoms with E-state index in [-0.39, 0.29) is 6.61 Å². The molecule has 0 spiro atoms. The van der Waals surface area contributed by atoms with Crippen LogP contribution in [0.2, 0.25) is 0 Å². The monoisotopic (exact) mass is 252 g/mol. The molecule has 0 bridgehead atoms. The number of ether oxygens (including phenoxy) is 1. The van der Waals surface area contributed by atoms with Gasteiger partial charge in [-0.25, -0.2) is 4.98 Å². The molecule has 98 valence electrons. The zero-order valence-corrected chi connectivity index (χ0v) is 9.51. The molecule has 0 aromatic carbocycles. The summed E-state index contributed by atoms with van der Waals surface area (Å²) in [6.45, 7) is 1.83. The van der Waals surface area contributed by atoms with Crippen LogP contribution in [-0.2, 0) is 17.9 Å². The number of nitrogens with zero attached hydrogens (tertiary/aromatic N) is 1. The van der Waals surface area contributed by atoms with Gasteiger partial charge < -0.3 is 14.5 Å². The van der Waals surface area contributed by atoms with Gasteiger partial charge in [-0.1, -0.05) is 6.92 Å². The summed E-state index contributed by atoms with van der Waals surface area (Å²) in [5.74, 6) is 0.742. The number of rotatable bonds is 7. The second-order valence-electron chi connectivity index (χ2n) is 3.51. The van der Waals surface area contributed by atoms with E-state index in [4.69, 9.17) is 4.42 Å². The van der Waals surface area contributed by atoms with Crippen LogP contribution in [0.15, 0.2) is 10.6 Å². The van der Waals surface area contributed by atoms with Gasteiger partial charge in [0.05, 0.1) is 12.7 Å². The van der Waals surface area contributed by atoms with Crippen molar-refractivity contribution in [2.75, 3.05) is 13.2 Å². The van der Waals surface area contributed by atoms with E-state index in [1.54, 1.807) is 0 Å². The van der Waals surface area contributed by atoms with E-state index in [0.717, 1.165) is 13.0 Å². The Labute approximate surface area is 97.2 Å². The molecule has 1 aromatic rings. The molecule has 1 N–H and O–H groups in total. The Bertz CT molecular complexity index is 326. The smallest absolute Gasteiger partial charge is 0.411 e. The quantitative estimate of drug-likeness (QED) is 0.756. The Hall–Kier alpha value is -1.08. The molecular formula is C10H15F3N2O2. The maximum absolute atomic E-state index is 11.8. The lowest BCUT2D eigenvalue weighted by Crippen LogP contribution is -2.16. The van der Waals surface area contributed by atoms with Gasteiger partial charge in [0.1, 0.15) is 19.0 Å². The minimum Gasteiger partial charge on any atom is -0.442 e. The molecule has 0 aliphatic rings. The molecule has 0 saturated heterocycles. The highest BCUT2D eigenvalue weighted by atomic mass is 19.4. The topological polar surface area (TPSA) is 47.3 Å². The fourth-order valence-electron chi connectivity index (χ4n) is 1.14. The van der Waals surface area contributed by atoms with Crippen LogP contribution in [-0.4, -0.2) is 24.3 Å². The Kier molecular flexibility index (Phi) is 5.43. The SMILES string of the molecule is CCCNCc1ncc(COCC(F)(F)F)o1. The summed E-state index contributed by atoms with van der Waals surface area (Å²) in [5, 5.41) is 3.07. The molecule has 0 saturated carbocycles. The third-order valence-electron chi connectivity index (χ3n) is 1.81. The Morgan fingerprint density at radius 3 is 2.88 bits per heavy atom. The van der Waals surface area contributed by atoms with E-state index < -0.39 is 12.8 Å². The number of hydrogen-bond acceptors (Lipinski definition) is 4. The number of oxazole rings is 1. The van der Waals surface area contributed by atoms with Crippen molar-refractivity contribution >= 4 is 0 Å². The lowest BCUT2D eigenvalue weighted by atomic mass is 10.5. The van der Waals surface area contributed by atoms with Crippen molar-refractivity contribution in [3.8, 4) is 0 Å². The van der Waals surface area contributed by atoms with E-state index in [2.05, 4.69) is 15.0 Å². The van der Waals surface area contributed by atoms with Crippen LogP contribution in [0.25, 0.3) is 0 Å². The minimum atomic E-state index is -4.31. The summed E-state index contributed by atoms with van der Waals surface area (Å²) < 4.78 is 45.0. The number of alkyl halides is 3. The standard InChI is InChI=1S/C10H15F3N2O2/c1-2-3-14-5-9-15-4-8(17-9)6-16-7-10(11,12)13/h4,14H,2-3,5-7H2,1H3. The fraction of sp³-hybridized carbons (Fsp3) is 0.700. The first-order chi connectivity index (χ1) is 8.01. The predicted molar refractivity (Wildman–Crippen MR) is 54.2 cm³/mol. The van der Waals surface area contributed by atoms with E-state index in [1.165, 1.54) is 6.20 Å². The molecule has 0 amide bonds. The highest BCUT2D eigenvalue weighted by Crippen LogP contribution is 2.15. The van der Waals surface area contributed by atoms with Crippen LogP contribution in [0.1, 0.15) is 25.0 Å². The van der Waals surface area contributed by atoms with Crippen LogP contribution >= 0.6 is 0 Å². The molecule has 0 radical (unpaired) electrons. The third kappa shape index (κ3) is 6.28. The molecule has 0 fully saturated rings. The van der Waals surface area contributed by atoms with Gasteiger partial charge in [-0.15, -0.1) is 0 Å². The zero-order valence-electron chi connectivity index (χ0n) is 9.51. The number of aromatic nitrogens is 1. The lowest BCUT2D eigenvalue weighted by molar-refractivity contribution is -0.177. The third-order valence-corrected chi connectivity index (χ3v) is 1.81. The van der Waals surface area contributed by atoms with Gasteiger partial charge in [0.25, 0.3) is 0 Å².